The lowest BCUT2D eigenvalue weighted by atomic mass is 10.2. The molecule has 17 heavy (non-hydrogen) atoms. The fourth-order valence-corrected chi connectivity index (χ4v) is 1.57. The first-order valence-corrected chi connectivity index (χ1v) is 5.69. The second-order valence-electron chi connectivity index (χ2n) is 3.18. The molecule has 0 aliphatic heterocycles. The van der Waals surface area contributed by atoms with Crippen LogP contribution in [0.4, 0.5) is 11.4 Å². The second kappa shape index (κ2) is 5.51. The molecule has 5 N–H and O–H groups in total. The molecule has 0 radical (unpaired) electrons. The van der Waals surface area contributed by atoms with Crippen LogP contribution in [-0.4, -0.2) is 28.9 Å². The maximum atomic E-state index is 10.6. The standard InChI is InChI=1S/C9H14N4O3S/c1-13(9(10)11)7-5-6(12-17(14)15)3-4-8(7)16-2/h3-5,12H,1-2H3,(H3,10,11)(H,14,15). The van der Waals surface area contributed by atoms with E-state index >= 15 is 0 Å². The SMILES string of the molecule is COc1ccc(NS(=O)O)cc1N(C)C(=N)N. The molecule has 0 aliphatic carbocycles. The highest BCUT2D eigenvalue weighted by Gasteiger charge is 2.11. The molecule has 1 aromatic carbocycles. The molecule has 0 saturated carbocycles. The number of methoxy groups -OCH3 is 1. The van der Waals surface area contributed by atoms with Gasteiger partial charge < -0.3 is 15.4 Å². The van der Waals surface area contributed by atoms with Crippen molar-refractivity contribution in [3.05, 3.63) is 18.2 Å². The minimum atomic E-state index is -2.15. The molecule has 8 heteroatoms. The van der Waals surface area contributed by atoms with Gasteiger partial charge in [0.05, 0.1) is 18.5 Å². The lowest BCUT2D eigenvalue weighted by Crippen LogP contribution is -2.32. The maximum Gasteiger partial charge on any atom is 0.259 e. The predicted molar refractivity (Wildman–Crippen MR) is 67.7 cm³/mol. The average Bonchev–Trinajstić information content (AvgIpc) is 2.27. The molecule has 1 atom stereocenters. The molecular formula is C9H14N4O3S. The third kappa shape index (κ3) is 3.33. The molecule has 0 fully saturated rings. The second-order valence-corrected chi connectivity index (χ2v) is 3.88. The van der Waals surface area contributed by atoms with Gasteiger partial charge in [-0.2, -0.15) is 0 Å². The number of rotatable bonds is 4. The summed E-state index contributed by atoms with van der Waals surface area (Å²) in [5, 5.41) is 7.34. The number of ether oxygens (including phenoxy) is 1. The van der Waals surface area contributed by atoms with Crippen molar-refractivity contribution >= 4 is 28.6 Å². The van der Waals surface area contributed by atoms with Crippen LogP contribution in [0.3, 0.4) is 0 Å². The summed E-state index contributed by atoms with van der Waals surface area (Å²) in [6.45, 7) is 0. The van der Waals surface area contributed by atoms with E-state index in [1.807, 2.05) is 0 Å². The average molecular weight is 258 g/mol. The largest absolute Gasteiger partial charge is 0.495 e. The highest BCUT2D eigenvalue weighted by molar-refractivity contribution is 7.80. The van der Waals surface area contributed by atoms with Crippen LogP contribution in [0.1, 0.15) is 0 Å². The van der Waals surface area contributed by atoms with E-state index in [4.69, 9.17) is 20.4 Å². The zero-order valence-corrected chi connectivity index (χ0v) is 10.2. The Morgan fingerprint density at radius 3 is 2.76 bits per heavy atom. The molecule has 0 saturated heterocycles. The first kappa shape index (κ1) is 13.3. The monoisotopic (exact) mass is 258 g/mol. The van der Waals surface area contributed by atoms with E-state index in [9.17, 15) is 4.21 Å². The Morgan fingerprint density at radius 2 is 2.29 bits per heavy atom. The van der Waals surface area contributed by atoms with Gasteiger partial charge in [-0.15, -0.1) is 0 Å². The lowest BCUT2D eigenvalue weighted by Gasteiger charge is -2.20. The van der Waals surface area contributed by atoms with Crippen molar-refractivity contribution in [1.29, 1.82) is 5.41 Å². The zero-order chi connectivity index (χ0) is 13.0. The molecule has 0 aliphatic rings. The number of hydrogen-bond acceptors (Lipinski definition) is 3. The van der Waals surface area contributed by atoms with Gasteiger partial charge in [-0.05, 0) is 18.2 Å². The van der Waals surface area contributed by atoms with Crippen molar-refractivity contribution in [3.8, 4) is 5.75 Å². The van der Waals surface area contributed by atoms with Crippen molar-refractivity contribution in [2.75, 3.05) is 23.8 Å². The fraction of sp³-hybridized carbons (Fsp3) is 0.222. The van der Waals surface area contributed by atoms with Gasteiger partial charge in [0.2, 0.25) is 0 Å². The molecule has 7 nitrogen and oxygen atoms in total. The molecule has 1 rings (SSSR count). The van der Waals surface area contributed by atoms with Gasteiger partial charge in [0.1, 0.15) is 5.75 Å². The molecule has 94 valence electrons. The van der Waals surface area contributed by atoms with Gasteiger partial charge >= 0.3 is 0 Å². The van der Waals surface area contributed by atoms with Gasteiger partial charge in [0.15, 0.2) is 5.96 Å². The number of hydrogen-bond donors (Lipinski definition) is 4. The Hall–Kier alpha value is -1.80. The van der Waals surface area contributed by atoms with E-state index < -0.39 is 11.3 Å². The van der Waals surface area contributed by atoms with Gasteiger partial charge in [-0.1, -0.05) is 0 Å². The topological polar surface area (TPSA) is 112 Å². The summed E-state index contributed by atoms with van der Waals surface area (Å²) in [5.74, 6) is 0.350. The molecule has 0 amide bonds. The first-order chi connectivity index (χ1) is 7.95. The summed E-state index contributed by atoms with van der Waals surface area (Å²) in [5.41, 5.74) is 6.32. The smallest absolute Gasteiger partial charge is 0.259 e. The van der Waals surface area contributed by atoms with Gasteiger partial charge in [-0.25, -0.2) is 4.21 Å². The number of guanidine groups is 1. The first-order valence-electron chi connectivity index (χ1n) is 4.59. The van der Waals surface area contributed by atoms with E-state index in [0.29, 0.717) is 17.1 Å². The Kier molecular flexibility index (Phi) is 4.30. The molecule has 0 heterocycles. The van der Waals surface area contributed by atoms with Crippen LogP contribution in [0, 0.1) is 5.41 Å². The predicted octanol–water partition coefficient (Wildman–Crippen LogP) is 0.573. The molecule has 1 aromatic rings. The van der Waals surface area contributed by atoms with E-state index in [1.54, 1.807) is 25.2 Å². The summed E-state index contributed by atoms with van der Waals surface area (Å²) >= 11 is -2.15. The molecular weight excluding hydrogens is 244 g/mol. The van der Waals surface area contributed by atoms with Crippen molar-refractivity contribution in [3.63, 3.8) is 0 Å². The van der Waals surface area contributed by atoms with E-state index in [1.165, 1.54) is 12.0 Å². The number of benzene rings is 1. The van der Waals surface area contributed by atoms with E-state index in [-0.39, 0.29) is 5.96 Å². The number of nitrogens with two attached hydrogens (primary N) is 1. The van der Waals surface area contributed by atoms with Gasteiger partial charge in [0.25, 0.3) is 11.3 Å². The Bertz CT molecular complexity index is 452. The van der Waals surface area contributed by atoms with E-state index in [0.717, 1.165) is 0 Å². The van der Waals surface area contributed by atoms with Crippen molar-refractivity contribution in [1.82, 2.24) is 0 Å². The molecule has 1 unspecified atom stereocenters. The highest BCUT2D eigenvalue weighted by Crippen LogP contribution is 2.30. The minimum Gasteiger partial charge on any atom is -0.495 e. The van der Waals surface area contributed by atoms with Gasteiger partial charge in [-0.3, -0.25) is 14.7 Å². The third-order valence-corrected chi connectivity index (χ3v) is 2.52. The number of nitrogens with zero attached hydrogens (tertiary/aromatic N) is 1. The Balaban J connectivity index is 3.14. The molecule has 0 aromatic heterocycles. The van der Waals surface area contributed by atoms with Crippen molar-refractivity contribution < 1.29 is 13.5 Å². The summed E-state index contributed by atoms with van der Waals surface area (Å²) in [7, 11) is 3.09. The van der Waals surface area contributed by atoms with Crippen LogP contribution >= 0.6 is 0 Å². The highest BCUT2D eigenvalue weighted by atomic mass is 32.2. The van der Waals surface area contributed by atoms with Crippen LogP contribution in [-0.2, 0) is 11.3 Å². The molecule has 0 spiro atoms. The Labute approximate surface area is 101 Å². The summed E-state index contributed by atoms with van der Waals surface area (Å²) in [6.07, 6.45) is 0. The number of nitrogens with one attached hydrogen (secondary N) is 2. The van der Waals surface area contributed by atoms with Crippen molar-refractivity contribution in [2.24, 2.45) is 5.73 Å². The Morgan fingerprint density at radius 1 is 1.65 bits per heavy atom. The minimum absolute atomic E-state index is 0.162. The zero-order valence-electron chi connectivity index (χ0n) is 9.43. The van der Waals surface area contributed by atoms with Crippen LogP contribution in [0.5, 0.6) is 5.75 Å². The third-order valence-electron chi connectivity index (χ3n) is 2.11. The number of anilines is 2. The van der Waals surface area contributed by atoms with Crippen LogP contribution < -0.4 is 20.1 Å². The summed E-state index contributed by atoms with van der Waals surface area (Å²) in [6, 6.07) is 4.77. The van der Waals surface area contributed by atoms with Crippen LogP contribution in [0.25, 0.3) is 0 Å². The maximum absolute atomic E-state index is 10.6. The molecule has 0 bridgehead atoms. The van der Waals surface area contributed by atoms with E-state index in [2.05, 4.69) is 4.72 Å². The summed E-state index contributed by atoms with van der Waals surface area (Å²) < 4.78 is 26.8. The fourth-order valence-electron chi connectivity index (χ4n) is 1.25. The van der Waals surface area contributed by atoms with Crippen LogP contribution in [0.2, 0.25) is 0 Å². The summed E-state index contributed by atoms with van der Waals surface area (Å²) in [4.78, 5) is 1.39. The van der Waals surface area contributed by atoms with Crippen molar-refractivity contribution in [2.45, 2.75) is 0 Å². The van der Waals surface area contributed by atoms with Crippen LogP contribution in [0.15, 0.2) is 18.2 Å². The van der Waals surface area contributed by atoms with Gasteiger partial charge in [0, 0.05) is 7.05 Å². The normalized spacial score (nSPS) is 11.7. The quantitative estimate of drug-likeness (QED) is 0.358. The lowest BCUT2D eigenvalue weighted by molar-refractivity contribution is 0.416.